The number of ether oxygens (including phenoxy) is 2. The van der Waals surface area contributed by atoms with Crippen LogP contribution in [0, 0.1) is 5.92 Å². The number of ketones is 1. The molecule has 0 aliphatic heterocycles. The van der Waals surface area contributed by atoms with Gasteiger partial charge < -0.3 is 14.2 Å². The van der Waals surface area contributed by atoms with Crippen molar-refractivity contribution >= 4 is 23.4 Å². The third kappa shape index (κ3) is 5.91. The maximum absolute atomic E-state index is 11.5. The van der Waals surface area contributed by atoms with Gasteiger partial charge in [0.05, 0.1) is 6.61 Å². The van der Waals surface area contributed by atoms with Gasteiger partial charge in [-0.15, -0.1) is 0 Å². The second kappa shape index (κ2) is 9.35. The predicted octanol–water partition coefficient (Wildman–Crippen LogP) is 4.91. The molecule has 0 radical (unpaired) electrons. The second-order valence-electron chi connectivity index (χ2n) is 5.69. The van der Waals surface area contributed by atoms with Gasteiger partial charge in [0.1, 0.15) is 18.1 Å². The third-order valence-electron chi connectivity index (χ3n) is 3.37. The Morgan fingerprint density at radius 2 is 1.88 bits per heavy atom. The molecule has 24 heavy (non-hydrogen) atoms. The minimum atomic E-state index is 0.0112. The number of hydrogen-bond acceptors (Lipinski definition) is 5. The molecule has 0 aliphatic rings. The van der Waals surface area contributed by atoms with Crippen molar-refractivity contribution in [1.82, 2.24) is 0 Å². The van der Waals surface area contributed by atoms with E-state index in [1.54, 1.807) is 0 Å². The van der Waals surface area contributed by atoms with E-state index in [9.17, 15) is 4.79 Å². The maximum atomic E-state index is 11.5. The fourth-order valence-electron chi connectivity index (χ4n) is 1.97. The number of benzene rings is 2. The van der Waals surface area contributed by atoms with Crippen LogP contribution in [-0.4, -0.2) is 18.6 Å². The van der Waals surface area contributed by atoms with Gasteiger partial charge >= 0.3 is 0 Å². The fraction of sp³-hybridized carbons (Fsp3) is 0.316. The first-order chi connectivity index (χ1) is 11.6. The summed E-state index contributed by atoms with van der Waals surface area (Å²) >= 11 is 1.54. The molecule has 128 valence electrons. The molecule has 2 aromatic rings. The van der Waals surface area contributed by atoms with Gasteiger partial charge in [0.15, 0.2) is 5.78 Å². The van der Waals surface area contributed by atoms with Crippen LogP contribution in [0.15, 0.2) is 48.5 Å². The predicted molar refractivity (Wildman–Crippen MR) is 99.6 cm³/mol. The summed E-state index contributed by atoms with van der Waals surface area (Å²) in [4.78, 5) is 11.5. The number of anilines is 1. The summed E-state index contributed by atoms with van der Waals surface area (Å²) in [7, 11) is 0. The summed E-state index contributed by atoms with van der Waals surface area (Å²) in [5.74, 6) is 1.67. The minimum Gasteiger partial charge on any atom is -0.457 e. The Kier molecular flexibility index (Phi) is 7.15. The average Bonchev–Trinajstić information content (AvgIpc) is 2.57. The zero-order chi connectivity index (χ0) is 17.4. The van der Waals surface area contributed by atoms with E-state index in [4.69, 9.17) is 9.47 Å². The van der Waals surface area contributed by atoms with E-state index >= 15 is 0 Å². The highest BCUT2D eigenvalue weighted by atomic mass is 32.2. The molecule has 2 rings (SSSR count). The van der Waals surface area contributed by atoms with Crippen LogP contribution in [-0.2, 0) is 16.1 Å². The molecular weight excluding hydrogens is 322 g/mol. The molecule has 0 aromatic heterocycles. The Labute approximate surface area is 147 Å². The molecule has 0 spiro atoms. The first-order valence-electron chi connectivity index (χ1n) is 7.85. The molecule has 0 amide bonds. The lowest BCUT2D eigenvalue weighted by Gasteiger charge is -2.09. The third-order valence-corrected chi connectivity index (χ3v) is 3.81. The molecule has 2 aromatic carbocycles. The van der Waals surface area contributed by atoms with Crippen LogP contribution in [0.2, 0.25) is 0 Å². The van der Waals surface area contributed by atoms with Gasteiger partial charge in [-0.2, -0.15) is 0 Å². The standard InChI is InChI=1S/C19H23NO3S/c1-14(2)19(21)13-22-12-15-7-9-17(10-8-15)23-18-6-4-5-16(11-18)20-24-3/h4-11,14,20H,12-13H2,1-3H3. The molecule has 4 nitrogen and oxygen atoms in total. The normalized spacial score (nSPS) is 10.7. The van der Waals surface area contributed by atoms with Gasteiger partial charge in [-0.05, 0) is 29.8 Å². The van der Waals surface area contributed by atoms with Crippen LogP contribution >= 0.6 is 11.9 Å². The molecule has 0 atom stereocenters. The Morgan fingerprint density at radius 1 is 1.12 bits per heavy atom. The van der Waals surface area contributed by atoms with Gasteiger partial charge in [0.25, 0.3) is 0 Å². The topological polar surface area (TPSA) is 47.6 Å². The highest BCUT2D eigenvalue weighted by Crippen LogP contribution is 2.25. The first-order valence-corrected chi connectivity index (χ1v) is 9.07. The van der Waals surface area contributed by atoms with Crippen molar-refractivity contribution in [1.29, 1.82) is 0 Å². The molecule has 0 bridgehead atoms. The van der Waals surface area contributed by atoms with Crippen LogP contribution in [0.25, 0.3) is 0 Å². The molecule has 0 aliphatic carbocycles. The molecule has 0 saturated carbocycles. The molecular formula is C19H23NO3S. The van der Waals surface area contributed by atoms with Crippen LogP contribution in [0.5, 0.6) is 11.5 Å². The van der Waals surface area contributed by atoms with Crippen molar-refractivity contribution in [2.45, 2.75) is 20.5 Å². The van der Waals surface area contributed by atoms with Crippen molar-refractivity contribution in [3.05, 3.63) is 54.1 Å². The SMILES string of the molecule is CSNc1cccc(Oc2ccc(COCC(=O)C(C)C)cc2)c1. The summed E-state index contributed by atoms with van der Waals surface area (Å²) in [6, 6.07) is 15.5. The number of carbonyl (C=O) groups excluding carboxylic acids is 1. The summed E-state index contributed by atoms with van der Waals surface area (Å²) in [6.45, 7) is 4.33. The van der Waals surface area contributed by atoms with Gasteiger partial charge in [0.2, 0.25) is 0 Å². The quantitative estimate of drug-likeness (QED) is 0.654. The fourth-order valence-corrected chi connectivity index (χ4v) is 2.33. The van der Waals surface area contributed by atoms with Crippen molar-refractivity contribution in [2.75, 3.05) is 17.6 Å². The van der Waals surface area contributed by atoms with Crippen LogP contribution in [0.1, 0.15) is 19.4 Å². The van der Waals surface area contributed by atoms with E-state index in [0.29, 0.717) is 6.61 Å². The minimum absolute atomic E-state index is 0.0112. The van der Waals surface area contributed by atoms with Crippen LogP contribution in [0.3, 0.4) is 0 Å². The van der Waals surface area contributed by atoms with E-state index in [0.717, 1.165) is 22.7 Å². The van der Waals surface area contributed by atoms with E-state index in [1.807, 2.05) is 68.6 Å². The molecule has 0 saturated heterocycles. The summed E-state index contributed by atoms with van der Waals surface area (Å²) < 4.78 is 14.5. The zero-order valence-corrected chi connectivity index (χ0v) is 15.1. The molecule has 1 N–H and O–H groups in total. The van der Waals surface area contributed by atoms with Gasteiger partial charge in [-0.3, -0.25) is 4.79 Å². The van der Waals surface area contributed by atoms with E-state index in [2.05, 4.69) is 4.72 Å². The summed E-state index contributed by atoms with van der Waals surface area (Å²) in [5, 5.41) is 0. The smallest absolute Gasteiger partial charge is 0.160 e. The lowest BCUT2D eigenvalue weighted by Crippen LogP contribution is -2.14. The number of rotatable bonds is 9. The number of Topliss-reactive ketones (excluding diaryl/α,β-unsaturated/α-hetero) is 1. The van der Waals surface area contributed by atoms with E-state index in [-0.39, 0.29) is 18.3 Å². The maximum Gasteiger partial charge on any atom is 0.160 e. The van der Waals surface area contributed by atoms with Crippen molar-refractivity contribution < 1.29 is 14.3 Å². The molecule has 0 heterocycles. The molecule has 0 unspecified atom stereocenters. The van der Waals surface area contributed by atoms with Crippen LogP contribution < -0.4 is 9.46 Å². The lowest BCUT2D eigenvalue weighted by atomic mass is 10.1. The van der Waals surface area contributed by atoms with E-state index in [1.165, 1.54) is 11.9 Å². The Hall–Kier alpha value is -1.98. The second-order valence-corrected chi connectivity index (χ2v) is 6.31. The zero-order valence-electron chi connectivity index (χ0n) is 14.2. The molecule has 5 heteroatoms. The van der Waals surface area contributed by atoms with Gasteiger partial charge in [-0.25, -0.2) is 0 Å². The van der Waals surface area contributed by atoms with E-state index < -0.39 is 0 Å². The van der Waals surface area contributed by atoms with Crippen molar-refractivity contribution in [3.8, 4) is 11.5 Å². The average molecular weight is 345 g/mol. The highest BCUT2D eigenvalue weighted by Gasteiger charge is 2.07. The van der Waals surface area contributed by atoms with Gasteiger partial charge in [0, 0.05) is 23.9 Å². The number of hydrogen-bond donors (Lipinski definition) is 1. The Balaban J connectivity index is 1.87. The van der Waals surface area contributed by atoms with Gasteiger partial charge in [-0.1, -0.05) is 44.0 Å². The Morgan fingerprint density at radius 3 is 2.54 bits per heavy atom. The largest absolute Gasteiger partial charge is 0.457 e. The Bertz CT molecular complexity index is 656. The summed E-state index contributed by atoms with van der Waals surface area (Å²) in [5.41, 5.74) is 2.01. The van der Waals surface area contributed by atoms with Crippen LogP contribution in [0.4, 0.5) is 5.69 Å². The number of nitrogens with one attached hydrogen (secondary N) is 1. The first kappa shape index (κ1) is 18.4. The number of carbonyl (C=O) groups is 1. The van der Waals surface area contributed by atoms with Crippen molar-refractivity contribution in [3.63, 3.8) is 0 Å². The lowest BCUT2D eigenvalue weighted by molar-refractivity contribution is -0.126. The van der Waals surface area contributed by atoms with Crippen molar-refractivity contribution in [2.24, 2.45) is 5.92 Å². The summed E-state index contributed by atoms with van der Waals surface area (Å²) in [6.07, 6.45) is 1.98. The highest BCUT2D eigenvalue weighted by molar-refractivity contribution is 7.99. The monoisotopic (exact) mass is 345 g/mol. The molecule has 0 fully saturated rings.